The zero-order valence-corrected chi connectivity index (χ0v) is 18.3. The molecule has 3 aromatic carbocycles. The Balaban J connectivity index is 1.86. The largest absolute Gasteiger partial charge is 0.493 e. The highest BCUT2D eigenvalue weighted by atomic mass is 32.2. The summed E-state index contributed by atoms with van der Waals surface area (Å²) in [7, 11) is -2.61. The average Bonchev–Trinajstić information content (AvgIpc) is 3.34. The molecule has 1 heterocycles. The molecule has 10 heteroatoms. The molecule has 0 saturated heterocycles. The van der Waals surface area contributed by atoms with Crippen molar-refractivity contribution in [3.63, 3.8) is 0 Å². The minimum atomic E-state index is -4.02. The van der Waals surface area contributed by atoms with E-state index in [-0.39, 0.29) is 39.3 Å². The smallest absolute Gasteiger partial charge is 0.316 e. The van der Waals surface area contributed by atoms with Crippen LogP contribution in [0.3, 0.4) is 0 Å². The molecule has 4 aromatic rings. The van der Waals surface area contributed by atoms with Crippen LogP contribution in [-0.4, -0.2) is 31.6 Å². The maximum atomic E-state index is 13.5. The van der Waals surface area contributed by atoms with Gasteiger partial charge in [0, 0.05) is 11.6 Å². The number of carbonyl (C=O) groups is 1. The number of methoxy groups -OCH3 is 1. The lowest BCUT2D eigenvalue weighted by atomic mass is 10.2. The number of hydrogen-bond acceptors (Lipinski definition) is 8. The summed E-state index contributed by atoms with van der Waals surface area (Å²) in [6.07, 6.45) is 0. The fraction of sp³-hybridized carbons (Fsp3) is 0.0870. The minimum absolute atomic E-state index is 0.0601. The maximum absolute atomic E-state index is 13.5. The molecule has 0 aliphatic rings. The Bertz CT molecular complexity index is 1390. The number of nitrogens with zero attached hydrogens (tertiary/aromatic N) is 2. The van der Waals surface area contributed by atoms with Gasteiger partial charge >= 0.3 is 11.8 Å². The summed E-state index contributed by atoms with van der Waals surface area (Å²) in [6, 6.07) is 20.1. The fourth-order valence-electron chi connectivity index (χ4n) is 3.11. The number of rotatable bonds is 8. The normalized spacial score (nSPS) is 11.2. The number of ether oxygens (including phenoxy) is 2. The summed E-state index contributed by atoms with van der Waals surface area (Å²) in [6.45, 7) is 0.209. The maximum Gasteiger partial charge on any atom is 0.316 e. The standard InChI is InChI=1S/C23H19N3O6S/c1-30-18-13-20(33(28,29)16-10-6-3-7-11-16)17(22-25-23(21(24)27)32-26-22)12-19(18)31-14-15-8-4-2-5-9-15/h2-13H,14H2,1H3,(H2,24,27). The van der Waals surface area contributed by atoms with E-state index in [0.717, 1.165) is 5.56 Å². The number of benzene rings is 3. The van der Waals surface area contributed by atoms with E-state index in [2.05, 4.69) is 10.1 Å². The Morgan fingerprint density at radius 1 is 1.00 bits per heavy atom. The SMILES string of the molecule is COc1cc(S(=O)(=O)c2ccccc2)c(-c2noc(C(N)=O)n2)cc1OCc1ccccc1. The third-order valence-electron chi connectivity index (χ3n) is 4.72. The summed E-state index contributed by atoms with van der Waals surface area (Å²) in [5.74, 6) is -1.06. The van der Waals surface area contributed by atoms with Crippen molar-refractivity contribution in [3.8, 4) is 22.9 Å². The van der Waals surface area contributed by atoms with Gasteiger partial charge in [0.05, 0.1) is 16.9 Å². The summed E-state index contributed by atoms with van der Waals surface area (Å²) >= 11 is 0. The number of aromatic nitrogens is 2. The Labute approximate surface area is 189 Å². The minimum Gasteiger partial charge on any atom is -0.493 e. The van der Waals surface area contributed by atoms with Crippen molar-refractivity contribution in [1.29, 1.82) is 0 Å². The van der Waals surface area contributed by atoms with Crippen molar-refractivity contribution in [2.45, 2.75) is 16.4 Å². The lowest BCUT2D eigenvalue weighted by molar-refractivity contribution is 0.0958. The van der Waals surface area contributed by atoms with Gasteiger partial charge in [0.25, 0.3) is 0 Å². The quantitative estimate of drug-likeness (QED) is 0.419. The molecule has 33 heavy (non-hydrogen) atoms. The summed E-state index contributed by atoms with van der Waals surface area (Å²) in [5, 5.41) is 3.74. The molecule has 1 aromatic heterocycles. The van der Waals surface area contributed by atoms with Gasteiger partial charge in [-0.1, -0.05) is 53.7 Å². The second kappa shape index (κ2) is 9.13. The van der Waals surface area contributed by atoms with Crippen LogP contribution in [0.25, 0.3) is 11.4 Å². The van der Waals surface area contributed by atoms with E-state index in [1.165, 1.54) is 31.4 Å². The topological polar surface area (TPSA) is 135 Å². The first-order valence-corrected chi connectivity index (χ1v) is 11.2. The first-order chi connectivity index (χ1) is 15.9. The Morgan fingerprint density at radius 2 is 1.67 bits per heavy atom. The Kier molecular flexibility index (Phi) is 6.09. The average molecular weight is 465 g/mol. The molecule has 0 saturated carbocycles. The van der Waals surface area contributed by atoms with Crippen molar-refractivity contribution in [2.24, 2.45) is 5.73 Å². The van der Waals surface area contributed by atoms with Crippen LogP contribution in [0.5, 0.6) is 11.5 Å². The molecule has 0 bridgehead atoms. The van der Waals surface area contributed by atoms with E-state index in [9.17, 15) is 13.2 Å². The van der Waals surface area contributed by atoms with Crippen LogP contribution in [0, 0.1) is 0 Å². The molecule has 2 N–H and O–H groups in total. The summed E-state index contributed by atoms with van der Waals surface area (Å²) in [5.41, 5.74) is 6.18. The van der Waals surface area contributed by atoms with E-state index in [0.29, 0.717) is 0 Å². The highest BCUT2D eigenvalue weighted by molar-refractivity contribution is 7.91. The van der Waals surface area contributed by atoms with Gasteiger partial charge in [0.15, 0.2) is 11.5 Å². The molecule has 0 radical (unpaired) electrons. The van der Waals surface area contributed by atoms with Gasteiger partial charge < -0.3 is 19.7 Å². The van der Waals surface area contributed by atoms with Crippen molar-refractivity contribution >= 4 is 15.7 Å². The van der Waals surface area contributed by atoms with Crippen molar-refractivity contribution < 1.29 is 27.2 Å². The van der Waals surface area contributed by atoms with Crippen LogP contribution in [0.4, 0.5) is 0 Å². The molecule has 168 valence electrons. The van der Waals surface area contributed by atoms with Gasteiger partial charge in [-0.2, -0.15) is 4.98 Å². The first kappa shape index (κ1) is 22.0. The van der Waals surface area contributed by atoms with Gasteiger partial charge in [0.2, 0.25) is 15.7 Å². The van der Waals surface area contributed by atoms with Crippen molar-refractivity contribution in [3.05, 3.63) is 84.3 Å². The number of sulfone groups is 1. The highest BCUT2D eigenvalue weighted by Crippen LogP contribution is 2.39. The van der Waals surface area contributed by atoms with E-state index < -0.39 is 21.6 Å². The molecule has 0 spiro atoms. The molecule has 0 unspecified atom stereocenters. The number of carbonyl (C=O) groups excluding carboxylic acids is 1. The molecule has 0 aliphatic heterocycles. The fourth-order valence-corrected chi connectivity index (χ4v) is 4.58. The molecular weight excluding hydrogens is 446 g/mol. The van der Waals surface area contributed by atoms with Gasteiger partial charge in [-0.05, 0) is 23.8 Å². The zero-order valence-electron chi connectivity index (χ0n) is 17.5. The molecule has 0 atom stereocenters. The lowest BCUT2D eigenvalue weighted by Gasteiger charge is -2.15. The summed E-state index contributed by atoms with van der Waals surface area (Å²) in [4.78, 5) is 15.3. The molecule has 9 nitrogen and oxygen atoms in total. The van der Waals surface area contributed by atoms with E-state index in [4.69, 9.17) is 19.7 Å². The summed E-state index contributed by atoms with van der Waals surface area (Å²) < 4.78 is 43.1. The molecule has 0 aliphatic carbocycles. The van der Waals surface area contributed by atoms with Crippen molar-refractivity contribution in [1.82, 2.24) is 10.1 Å². The molecule has 1 amide bonds. The Hall–Kier alpha value is -4.18. The van der Waals surface area contributed by atoms with Crippen molar-refractivity contribution in [2.75, 3.05) is 7.11 Å². The number of hydrogen-bond donors (Lipinski definition) is 1. The zero-order chi connectivity index (χ0) is 23.4. The van der Waals surface area contributed by atoms with Crippen LogP contribution in [0.15, 0.2) is 87.1 Å². The number of primary amides is 1. The van der Waals surface area contributed by atoms with E-state index in [1.54, 1.807) is 18.2 Å². The van der Waals surface area contributed by atoms with E-state index in [1.807, 2.05) is 30.3 Å². The van der Waals surface area contributed by atoms with Crippen LogP contribution in [-0.2, 0) is 16.4 Å². The third-order valence-corrected chi connectivity index (χ3v) is 6.53. The molecular formula is C23H19N3O6S. The monoisotopic (exact) mass is 465 g/mol. The Morgan fingerprint density at radius 3 is 2.27 bits per heavy atom. The molecule has 0 fully saturated rings. The van der Waals surface area contributed by atoms with Gasteiger partial charge in [0.1, 0.15) is 6.61 Å². The highest BCUT2D eigenvalue weighted by Gasteiger charge is 2.28. The van der Waals surface area contributed by atoms with E-state index >= 15 is 0 Å². The van der Waals surface area contributed by atoms with Crippen LogP contribution in [0.1, 0.15) is 16.2 Å². The first-order valence-electron chi connectivity index (χ1n) is 9.73. The second-order valence-electron chi connectivity index (χ2n) is 6.88. The van der Waals surface area contributed by atoms with Gasteiger partial charge in [-0.25, -0.2) is 8.42 Å². The van der Waals surface area contributed by atoms with Gasteiger partial charge in [-0.15, -0.1) is 0 Å². The predicted octanol–water partition coefficient (Wildman–Crippen LogP) is 3.26. The number of nitrogens with two attached hydrogens (primary N) is 1. The van der Waals surface area contributed by atoms with Crippen LogP contribution >= 0.6 is 0 Å². The molecule has 4 rings (SSSR count). The predicted molar refractivity (Wildman–Crippen MR) is 117 cm³/mol. The van der Waals surface area contributed by atoms with Crippen LogP contribution in [0.2, 0.25) is 0 Å². The van der Waals surface area contributed by atoms with Crippen LogP contribution < -0.4 is 15.2 Å². The second-order valence-corrected chi connectivity index (χ2v) is 8.80. The third kappa shape index (κ3) is 4.55. The number of amides is 1. The lowest BCUT2D eigenvalue weighted by Crippen LogP contribution is -2.11. The van der Waals surface area contributed by atoms with Gasteiger partial charge in [-0.3, -0.25) is 4.79 Å².